The van der Waals surface area contributed by atoms with Crippen molar-refractivity contribution < 1.29 is 4.74 Å². The molecule has 5 heteroatoms. The lowest BCUT2D eigenvalue weighted by atomic mass is 10.1. The number of aromatic nitrogens is 2. The van der Waals surface area contributed by atoms with Gasteiger partial charge in [-0.15, -0.1) is 0 Å². The third kappa shape index (κ3) is 1.90. The summed E-state index contributed by atoms with van der Waals surface area (Å²) in [6.07, 6.45) is 2.26. The van der Waals surface area contributed by atoms with Gasteiger partial charge in [0.05, 0.1) is 5.52 Å². The Morgan fingerprint density at radius 1 is 1.33 bits per heavy atom. The number of rotatable bonds is 2. The fourth-order valence-corrected chi connectivity index (χ4v) is 2.46. The van der Waals surface area contributed by atoms with Gasteiger partial charge in [-0.25, -0.2) is 4.79 Å². The van der Waals surface area contributed by atoms with E-state index in [2.05, 4.69) is 10.3 Å². The molecule has 0 spiro atoms. The Hall–Kier alpha value is -1.75. The summed E-state index contributed by atoms with van der Waals surface area (Å²) in [6, 6.07) is 5.73. The van der Waals surface area contributed by atoms with E-state index in [1.165, 1.54) is 0 Å². The number of nitrogens with zero attached hydrogens (tertiary/aromatic N) is 1. The van der Waals surface area contributed by atoms with Crippen molar-refractivity contribution in [3.63, 3.8) is 0 Å². The lowest BCUT2D eigenvalue weighted by molar-refractivity contribution is 0.164. The molecule has 0 bridgehead atoms. The first kappa shape index (κ1) is 11.3. The third-order valence-electron chi connectivity index (χ3n) is 3.46. The number of hydrogen-bond acceptors (Lipinski definition) is 3. The van der Waals surface area contributed by atoms with Crippen molar-refractivity contribution in [2.24, 2.45) is 7.05 Å². The molecule has 2 N–H and O–H groups in total. The van der Waals surface area contributed by atoms with Crippen LogP contribution in [-0.2, 0) is 7.05 Å². The molecule has 0 amide bonds. The highest BCUT2D eigenvalue weighted by Crippen LogP contribution is 2.25. The Bertz CT molecular complexity index is 608. The van der Waals surface area contributed by atoms with Crippen molar-refractivity contribution in [2.45, 2.75) is 18.9 Å². The van der Waals surface area contributed by atoms with Crippen LogP contribution in [0.15, 0.2) is 23.0 Å². The molecular formula is C13H17N3O2. The van der Waals surface area contributed by atoms with Crippen LogP contribution in [0.1, 0.15) is 12.8 Å². The van der Waals surface area contributed by atoms with Crippen LogP contribution in [0.5, 0.6) is 5.75 Å². The lowest BCUT2D eigenvalue weighted by Crippen LogP contribution is -2.34. The maximum atomic E-state index is 11.6. The maximum Gasteiger partial charge on any atom is 0.326 e. The van der Waals surface area contributed by atoms with Crippen molar-refractivity contribution in [1.29, 1.82) is 0 Å². The van der Waals surface area contributed by atoms with E-state index in [0.29, 0.717) is 0 Å². The molecule has 1 aliphatic heterocycles. The Labute approximate surface area is 105 Å². The number of para-hydroxylation sites is 1. The van der Waals surface area contributed by atoms with Crippen LogP contribution < -0.4 is 15.7 Å². The zero-order chi connectivity index (χ0) is 12.5. The summed E-state index contributed by atoms with van der Waals surface area (Å²) in [4.78, 5) is 14.4. The number of aryl methyl sites for hydroxylation is 1. The predicted molar refractivity (Wildman–Crippen MR) is 70.1 cm³/mol. The van der Waals surface area contributed by atoms with Crippen molar-refractivity contribution in [2.75, 3.05) is 13.1 Å². The van der Waals surface area contributed by atoms with E-state index in [0.717, 1.165) is 42.7 Å². The normalized spacial score (nSPS) is 17.2. The summed E-state index contributed by atoms with van der Waals surface area (Å²) < 4.78 is 7.65. The average molecular weight is 247 g/mol. The topological polar surface area (TPSA) is 59.0 Å². The van der Waals surface area contributed by atoms with Gasteiger partial charge in [0, 0.05) is 7.05 Å². The van der Waals surface area contributed by atoms with Crippen LogP contribution in [0.2, 0.25) is 0 Å². The quantitative estimate of drug-likeness (QED) is 0.832. The molecule has 0 unspecified atom stereocenters. The first-order valence-corrected chi connectivity index (χ1v) is 6.31. The number of fused-ring (bicyclic) bond motifs is 1. The van der Waals surface area contributed by atoms with Crippen LogP contribution in [0.4, 0.5) is 0 Å². The Kier molecular flexibility index (Phi) is 2.83. The van der Waals surface area contributed by atoms with E-state index < -0.39 is 0 Å². The molecule has 2 heterocycles. The van der Waals surface area contributed by atoms with Gasteiger partial charge in [-0.3, -0.25) is 4.57 Å². The van der Waals surface area contributed by atoms with Crippen molar-refractivity contribution in [1.82, 2.24) is 14.9 Å². The molecule has 1 fully saturated rings. The summed E-state index contributed by atoms with van der Waals surface area (Å²) in [5.74, 6) is 0.792. The van der Waals surface area contributed by atoms with Gasteiger partial charge in [-0.05, 0) is 38.1 Å². The van der Waals surface area contributed by atoms with Crippen LogP contribution in [0, 0.1) is 0 Å². The van der Waals surface area contributed by atoms with Gasteiger partial charge in [0.25, 0.3) is 0 Å². The second kappa shape index (κ2) is 4.49. The molecule has 1 aromatic carbocycles. The lowest BCUT2D eigenvalue weighted by Gasteiger charge is -2.24. The third-order valence-corrected chi connectivity index (χ3v) is 3.46. The van der Waals surface area contributed by atoms with Gasteiger partial charge in [0.15, 0.2) is 0 Å². The zero-order valence-corrected chi connectivity index (χ0v) is 10.4. The Balaban J connectivity index is 1.98. The molecule has 5 nitrogen and oxygen atoms in total. The van der Waals surface area contributed by atoms with Crippen LogP contribution in [0.25, 0.3) is 11.0 Å². The van der Waals surface area contributed by atoms with Gasteiger partial charge in [-0.2, -0.15) is 0 Å². The molecule has 3 rings (SSSR count). The van der Waals surface area contributed by atoms with Gasteiger partial charge >= 0.3 is 5.69 Å². The minimum Gasteiger partial charge on any atom is -0.488 e. The van der Waals surface area contributed by atoms with E-state index in [1.54, 1.807) is 11.6 Å². The summed E-state index contributed by atoms with van der Waals surface area (Å²) in [6.45, 7) is 1.99. The molecule has 1 aromatic heterocycles. The highest BCUT2D eigenvalue weighted by molar-refractivity contribution is 5.81. The van der Waals surface area contributed by atoms with Gasteiger partial charge < -0.3 is 15.0 Å². The number of imidazole rings is 1. The molecule has 0 saturated carbocycles. The largest absolute Gasteiger partial charge is 0.488 e. The molecule has 1 saturated heterocycles. The van der Waals surface area contributed by atoms with Crippen LogP contribution in [0.3, 0.4) is 0 Å². The monoisotopic (exact) mass is 247 g/mol. The van der Waals surface area contributed by atoms with E-state index in [1.807, 2.05) is 18.2 Å². The number of piperidine rings is 1. The Morgan fingerprint density at radius 2 is 2.11 bits per heavy atom. The molecular weight excluding hydrogens is 230 g/mol. The average Bonchev–Trinajstić information content (AvgIpc) is 2.67. The highest BCUT2D eigenvalue weighted by atomic mass is 16.5. The fraction of sp³-hybridized carbons (Fsp3) is 0.462. The molecule has 1 aliphatic rings. The first-order valence-electron chi connectivity index (χ1n) is 6.31. The smallest absolute Gasteiger partial charge is 0.326 e. The first-order chi connectivity index (χ1) is 8.75. The Morgan fingerprint density at radius 3 is 2.89 bits per heavy atom. The van der Waals surface area contributed by atoms with Gasteiger partial charge in [-0.1, -0.05) is 6.07 Å². The number of ether oxygens (including phenoxy) is 1. The summed E-state index contributed by atoms with van der Waals surface area (Å²) in [7, 11) is 1.76. The number of benzene rings is 1. The molecule has 0 atom stereocenters. The standard InChI is InChI=1S/C13H17N3O2/c1-16-12-10(15-13(16)17)3-2-4-11(12)18-9-5-7-14-8-6-9/h2-4,9,14H,5-8H2,1H3,(H,15,17). The minimum atomic E-state index is -0.105. The number of hydrogen-bond donors (Lipinski definition) is 2. The number of nitrogens with one attached hydrogen (secondary N) is 2. The fourth-order valence-electron chi connectivity index (χ4n) is 2.46. The van der Waals surface area contributed by atoms with Crippen LogP contribution in [-0.4, -0.2) is 28.7 Å². The molecule has 2 aromatic rings. The highest BCUT2D eigenvalue weighted by Gasteiger charge is 2.17. The molecule has 0 aliphatic carbocycles. The SMILES string of the molecule is Cn1c(=O)[nH]c2cccc(OC3CCNCC3)c21. The summed E-state index contributed by atoms with van der Waals surface area (Å²) in [5, 5.41) is 3.31. The second-order valence-corrected chi connectivity index (χ2v) is 4.71. The summed E-state index contributed by atoms with van der Waals surface area (Å²) >= 11 is 0. The van der Waals surface area contributed by atoms with Crippen molar-refractivity contribution in [3.05, 3.63) is 28.7 Å². The maximum absolute atomic E-state index is 11.6. The van der Waals surface area contributed by atoms with Crippen molar-refractivity contribution >= 4 is 11.0 Å². The van der Waals surface area contributed by atoms with E-state index in [9.17, 15) is 4.79 Å². The van der Waals surface area contributed by atoms with Crippen molar-refractivity contribution in [3.8, 4) is 5.75 Å². The van der Waals surface area contributed by atoms with Gasteiger partial charge in [0.2, 0.25) is 0 Å². The molecule has 0 radical (unpaired) electrons. The van der Waals surface area contributed by atoms with E-state index in [4.69, 9.17) is 4.74 Å². The van der Waals surface area contributed by atoms with E-state index >= 15 is 0 Å². The second-order valence-electron chi connectivity index (χ2n) is 4.71. The predicted octanol–water partition coefficient (Wildman–Crippen LogP) is 0.997. The summed E-state index contributed by atoms with van der Waals surface area (Å²) in [5.41, 5.74) is 1.57. The van der Waals surface area contributed by atoms with Gasteiger partial charge in [0.1, 0.15) is 17.4 Å². The molecule has 18 heavy (non-hydrogen) atoms. The molecule has 96 valence electrons. The van der Waals surface area contributed by atoms with Crippen LogP contribution >= 0.6 is 0 Å². The number of aromatic amines is 1. The number of H-pyrrole nitrogens is 1. The van der Waals surface area contributed by atoms with E-state index in [-0.39, 0.29) is 11.8 Å². The minimum absolute atomic E-state index is 0.105. The zero-order valence-electron chi connectivity index (χ0n) is 10.4.